The summed E-state index contributed by atoms with van der Waals surface area (Å²) in [4.78, 5) is 13.9. The molecule has 0 radical (unpaired) electrons. The van der Waals surface area contributed by atoms with Crippen molar-refractivity contribution in [3.63, 3.8) is 0 Å². The Morgan fingerprint density at radius 2 is 2.21 bits per heavy atom. The fraction of sp³-hybridized carbons (Fsp3) is 0.615. The number of rotatable bonds is 5. The third-order valence-corrected chi connectivity index (χ3v) is 3.23. The van der Waals surface area contributed by atoms with Crippen LogP contribution in [0.1, 0.15) is 12.7 Å². The normalized spacial score (nSPS) is 17.9. The highest BCUT2D eigenvalue weighted by atomic mass is 16.5. The summed E-state index contributed by atoms with van der Waals surface area (Å²) in [6.45, 7) is 6.55. The molecule has 1 aromatic rings. The van der Waals surface area contributed by atoms with Crippen LogP contribution in [-0.2, 0) is 11.3 Å². The van der Waals surface area contributed by atoms with Crippen LogP contribution in [0.5, 0.6) is 0 Å². The van der Waals surface area contributed by atoms with Gasteiger partial charge in [-0.25, -0.2) is 4.79 Å². The van der Waals surface area contributed by atoms with Crippen LogP contribution in [-0.4, -0.2) is 49.8 Å². The Morgan fingerprint density at radius 3 is 2.89 bits per heavy atom. The highest BCUT2D eigenvalue weighted by molar-refractivity contribution is 5.73. The van der Waals surface area contributed by atoms with Crippen molar-refractivity contribution >= 4 is 6.03 Å². The fourth-order valence-corrected chi connectivity index (χ4v) is 2.03. The van der Waals surface area contributed by atoms with Crippen LogP contribution in [0.4, 0.5) is 4.79 Å². The van der Waals surface area contributed by atoms with Gasteiger partial charge < -0.3 is 19.8 Å². The quantitative estimate of drug-likeness (QED) is 0.828. The van der Waals surface area contributed by atoms with Crippen molar-refractivity contribution in [2.24, 2.45) is 0 Å². The predicted octanol–water partition coefficient (Wildman–Crippen LogP) is 0.799. The van der Waals surface area contributed by atoms with Gasteiger partial charge in [0, 0.05) is 25.7 Å². The largest absolute Gasteiger partial charge is 0.467 e. The minimum absolute atomic E-state index is 0.170. The Hall–Kier alpha value is -1.53. The Kier molecular flexibility index (Phi) is 5.23. The SMILES string of the molecule is C[C@@H](CNC(=O)NCc1ccco1)N1CCOCC1. The van der Waals surface area contributed by atoms with Gasteiger partial charge in [0.25, 0.3) is 0 Å². The first kappa shape index (κ1) is 13.9. The fourth-order valence-electron chi connectivity index (χ4n) is 2.03. The molecule has 0 bridgehead atoms. The number of carbonyl (C=O) groups is 1. The molecule has 0 aliphatic carbocycles. The molecule has 1 aliphatic rings. The molecule has 1 aromatic heterocycles. The lowest BCUT2D eigenvalue weighted by Gasteiger charge is -2.32. The summed E-state index contributed by atoms with van der Waals surface area (Å²) >= 11 is 0. The maximum Gasteiger partial charge on any atom is 0.315 e. The van der Waals surface area contributed by atoms with Gasteiger partial charge in [-0.05, 0) is 19.1 Å². The molecule has 2 N–H and O–H groups in total. The average Bonchev–Trinajstić information content (AvgIpc) is 2.96. The number of furan rings is 1. The molecule has 1 fully saturated rings. The van der Waals surface area contributed by atoms with E-state index in [4.69, 9.17) is 9.15 Å². The zero-order valence-electron chi connectivity index (χ0n) is 11.2. The molecule has 2 heterocycles. The first-order valence-corrected chi connectivity index (χ1v) is 6.61. The molecule has 1 saturated heterocycles. The van der Waals surface area contributed by atoms with Crippen molar-refractivity contribution in [1.82, 2.24) is 15.5 Å². The van der Waals surface area contributed by atoms with Gasteiger partial charge in [0.15, 0.2) is 0 Å². The summed E-state index contributed by atoms with van der Waals surface area (Å²) < 4.78 is 10.4. The molecule has 2 rings (SSSR count). The number of urea groups is 1. The first-order valence-electron chi connectivity index (χ1n) is 6.61. The van der Waals surface area contributed by atoms with E-state index in [1.54, 1.807) is 12.3 Å². The lowest BCUT2D eigenvalue weighted by molar-refractivity contribution is 0.0209. The second kappa shape index (κ2) is 7.16. The zero-order valence-corrected chi connectivity index (χ0v) is 11.2. The minimum atomic E-state index is -0.170. The second-order valence-corrected chi connectivity index (χ2v) is 4.64. The Morgan fingerprint density at radius 1 is 1.42 bits per heavy atom. The van der Waals surface area contributed by atoms with Crippen molar-refractivity contribution in [3.05, 3.63) is 24.2 Å². The van der Waals surface area contributed by atoms with Crippen LogP contribution in [0.25, 0.3) is 0 Å². The van der Waals surface area contributed by atoms with Crippen molar-refractivity contribution < 1.29 is 13.9 Å². The highest BCUT2D eigenvalue weighted by Crippen LogP contribution is 2.02. The lowest BCUT2D eigenvalue weighted by atomic mass is 10.2. The molecule has 0 saturated carbocycles. The second-order valence-electron chi connectivity index (χ2n) is 4.64. The third-order valence-electron chi connectivity index (χ3n) is 3.23. The van der Waals surface area contributed by atoms with E-state index in [1.807, 2.05) is 6.07 Å². The molecule has 6 nitrogen and oxygen atoms in total. The van der Waals surface area contributed by atoms with Gasteiger partial charge in [0.05, 0.1) is 26.0 Å². The maximum atomic E-state index is 11.6. The maximum absolute atomic E-state index is 11.6. The number of amides is 2. The van der Waals surface area contributed by atoms with Gasteiger partial charge in [0.1, 0.15) is 5.76 Å². The van der Waals surface area contributed by atoms with E-state index in [0.29, 0.717) is 19.1 Å². The van der Waals surface area contributed by atoms with Gasteiger partial charge >= 0.3 is 6.03 Å². The van der Waals surface area contributed by atoms with E-state index < -0.39 is 0 Å². The van der Waals surface area contributed by atoms with Gasteiger partial charge in [0.2, 0.25) is 0 Å². The van der Waals surface area contributed by atoms with Crippen LogP contribution in [0.15, 0.2) is 22.8 Å². The standard InChI is InChI=1S/C13H21N3O3/c1-11(16-4-7-18-8-5-16)9-14-13(17)15-10-12-3-2-6-19-12/h2-3,6,11H,4-5,7-10H2,1H3,(H2,14,15,17)/t11-/m0/s1. The number of hydrogen-bond acceptors (Lipinski definition) is 4. The number of carbonyl (C=O) groups excluding carboxylic acids is 1. The lowest BCUT2D eigenvalue weighted by Crippen LogP contribution is -2.48. The van der Waals surface area contributed by atoms with Crippen molar-refractivity contribution in [3.8, 4) is 0 Å². The molecule has 0 aromatic carbocycles. The molecule has 2 amide bonds. The minimum Gasteiger partial charge on any atom is -0.467 e. The summed E-state index contributed by atoms with van der Waals surface area (Å²) in [6.07, 6.45) is 1.59. The van der Waals surface area contributed by atoms with Gasteiger partial charge in [-0.1, -0.05) is 0 Å². The molecular formula is C13H21N3O3. The van der Waals surface area contributed by atoms with Crippen LogP contribution < -0.4 is 10.6 Å². The smallest absolute Gasteiger partial charge is 0.315 e. The molecule has 1 atom stereocenters. The Labute approximate surface area is 113 Å². The summed E-state index contributed by atoms with van der Waals surface area (Å²) in [5.74, 6) is 0.747. The molecule has 19 heavy (non-hydrogen) atoms. The summed E-state index contributed by atoms with van der Waals surface area (Å²) in [6, 6.07) is 3.78. The molecule has 0 spiro atoms. The van der Waals surface area contributed by atoms with Crippen LogP contribution in [0, 0.1) is 0 Å². The summed E-state index contributed by atoms with van der Waals surface area (Å²) in [5.41, 5.74) is 0. The van der Waals surface area contributed by atoms with E-state index >= 15 is 0 Å². The van der Waals surface area contributed by atoms with Crippen LogP contribution >= 0.6 is 0 Å². The number of ether oxygens (including phenoxy) is 1. The van der Waals surface area contributed by atoms with E-state index in [-0.39, 0.29) is 6.03 Å². The number of hydrogen-bond donors (Lipinski definition) is 2. The number of nitrogens with one attached hydrogen (secondary N) is 2. The topological polar surface area (TPSA) is 66.7 Å². The van der Waals surface area contributed by atoms with Crippen LogP contribution in [0.2, 0.25) is 0 Å². The first-order chi connectivity index (χ1) is 9.25. The van der Waals surface area contributed by atoms with Crippen LogP contribution in [0.3, 0.4) is 0 Å². The van der Waals surface area contributed by atoms with Crippen molar-refractivity contribution in [1.29, 1.82) is 0 Å². The van der Waals surface area contributed by atoms with Gasteiger partial charge in [-0.15, -0.1) is 0 Å². The monoisotopic (exact) mass is 267 g/mol. The Balaban J connectivity index is 1.62. The zero-order chi connectivity index (χ0) is 13.5. The predicted molar refractivity (Wildman–Crippen MR) is 70.8 cm³/mol. The molecule has 1 aliphatic heterocycles. The molecule has 106 valence electrons. The summed E-state index contributed by atoms with van der Waals surface area (Å²) in [5, 5.41) is 5.62. The number of nitrogens with zero attached hydrogens (tertiary/aromatic N) is 1. The molecule has 6 heteroatoms. The van der Waals surface area contributed by atoms with E-state index in [9.17, 15) is 4.79 Å². The van der Waals surface area contributed by atoms with E-state index in [0.717, 1.165) is 32.1 Å². The van der Waals surface area contributed by atoms with Gasteiger partial charge in [-0.3, -0.25) is 4.90 Å². The Bertz CT molecular complexity index is 374. The highest BCUT2D eigenvalue weighted by Gasteiger charge is 2.17. The summed E-state index contributed by atoms with van der Waals surface area (Å²) in [7, 11) is 0. The number of morpholine rings is 1. The van der Waals surface area contributed by atoms with Crippen molar-refractivity contribution in [2.75, 3.05) is 32.8 Å². The third kappa shape index (κ3) is 4.57. The van der Waals surface area contributed by atoms with Crippen molar-refractivity contribution in [2.45, 2.75) is 19.5 Å². The average molecular weight is 267 g/mol. The molecule has 0 unspecified atom stereocenters. The van der Waals surface area contributed by atoms with E-state index in [2.05, 4.69) is 22.5 Å². The van der Waals surface area contributed by atoms with E-state index in [1.165, 1.54) is 0 Å². The van der Waals surface area contributed by atoms with Gasteiger partial charge in [-0.2, -0.15) is 0 Å². The molecular weight excluding hydrogens is 246 g/mol.